The Bertz CT molecular complexity index is 307. The molecule has 1 unspecified atom stereocenters. The van der Waals surface area contributed by atoms with Crippen molar-refractivity contribution in [2.75, 3.05) is 0 Å². The molecule has 0 radical (unpaired) electrons. The maximum absolute atomic E-state index is 10.8. The van der Waals surface area contributed by atoms with Gasteiger partial charge in [-0.1, -0.05) is 19.1 Å². The van der Waals surface area contributed by atoms with Gasteiger partial charge in [-0.25, -0.2) is 0 Å². The van der Waals surface area contributed by atoms with Crippen LogP contribution in [0.15, 0.2) is 18.2 Å². The van der Waals surface area contributed by atoms with Crippen LogP contribution in [0.2, 0.25) is 0 Å². The Labute approximate surface area is 73.1 Å². The third-order valence-electron chi connectivity index (χ3n) is 1.93. The highest BCUT2D eigenvalue weighted by atomic mass is 31.1. The van der Waals surface area contributed by atoms with E-state index in [1.54, 1.807) is 6.07 Å². The smallest absolute Gasteiger partial charge is 0.218 e. The van der Waals surface area contributed by atoms with Gasteiger partial charge in [-0.3, -0.25) is 4.57 Å². The summed E-state index contributed by atoms with van der Waals surface area (Å²) < 4.78 is 10.8. The average molecular weight is 184 g/mol. The number of rotatable bonds is 2. The molecule has 3 heteroatoms. The number of aryl methyl sites for hydroxylation is 2. The summed E-state index contributed by atoms with van der Waals surface area (Å²) in [5, 5.41) is 0.581. The number of hydrogen-bond donors (Lipinski definition) is 1. The van der Waals surface area contributed by atoms with Crippen molar-refractivity contribution in [3.63, 3.8) is 0 Å². The fourth-order valence-corrected chi connectivity index (χ4v) is 1.82. The highest BCUT2D eigenvalue weighted by Gasteiger charge is 2.02. The van der Waals surface area contributed by atoms with Crippen molar-refractivity contribution in [3.8, 4) is 0 Å². The van der Waals surface area contributed by atoms with E-state index < -0.39 is 8.03 Å². The molecule has 0 heterocycles. The molecule has 0 fully saturated rings. The largest absolute Gasteiger partial charge is 0.343 e. The van der Waals surface area contributed by atoms with E-state index in [1.807, 2.05) is 19.1 Å². The molecule has 0 aliphatic heterocycles. The van der Waals surface area contributed by atoms with Crippen LogP contribution in [0.25, 0.3) is 0 Å². The van der Waals surface area contributed by atoms with Crippen LogP contribution in [-0.2, 0) is 11.0 Å². The summed E-state index contributed by atoms with van der Waals surface area (Å²) >= 11 is 0. The second-order valence-corrected chi connectivity index (χ2v) is 3.96. The number of benzene rings is 1. The zero-order chi connectivity index (χ0) is 9.14. The quantitative estimate of drug-likeness (QED) is 0.709. The van der Waals surface area contributed by atoms with Crippen molar-refractivity contribution in [1.82, 2.24) is 0 Å². The van der Waals surface area contributed by atoms with Gasteiger partial charge in [0.05, 0.1) is 0 Å². The molecule has 66 valence electrons. The minimum Gasteiger partial charge on any atom is -0.343 e. The molecule has 0 saturated carbocycles. The zero-order valence-corrected chi connectivity index (χ0v) is 8.29. The predicted molar refractivity (Wildman–Crippen MR) is 51.4 cm³/mol. The summed E-state index contributed by atoms with van der Waals surface area (Å²) in [5.74, 6) is 0. The molecular weight excluding hydrogens is 171 g/mol. The first-order valence-corrected chi connectivity index (χ1v) is 5.33. The Morgan fingerprint density at radius 1 is 1.50 bits per heavy atom. The molecule has 0 bridgehead atoms. The van der Waals surface area contributed by atoms with Gasteiger partial charge in [-0.2, -0.15) is 0 Å². The normalized spacial score (nSPS) is 12.9. The van der Waals surface area contributed by atoms with Crippen LogP contribution in [0.4, 0.5) is 0 Å². The first-order chi connectivity index (χ1) is 5.65. The van der Waals surface area contributed by atoms with Crippen molar-refractivity contribution in [1.29, 1.82) is 0 Å². The van der Waals surface area contributed by atoms with Crippen molar-refractivity contribution < 1.29 is 9.46 Å². The molecular formula is C9H13O2P. The van der Waals surface area contributed by atoms with E-state index in [0.717, 1.165) is 12.0 Å². The summed E-state index contributed by atoms with van der Waals surface area (Å²) in [6.45, 7) is 3.93. The van der Waals surface area contributed by atoms with E-state index in [0.29, 0.717) is 5.30 Å². The summed E-state index contributed by atoms with van der Waals surface area (Å²) in [6, 6.07) is 5.62. The van der Waals surface area contributed by atoms with Crippen molar-refractivity contribution in [2.45, 2.75) is 20.3 Å². The van der Waals surface area contributed by atoms with E-state index in [1.165, 1.54) is 5.56 Å². The molecule has 0 saturated heterocycles. The standard InChI is InChI=1S/C9H13O2P/c1-3-8-4-5-9(12(10)11)7(2)6-8/h4-6,12H,3H2,1-2H3,(H,10,11). The van der Waals surface area contributed by atoms with E-state index in [-0.39, 0.29) is 0 Å². The van der Waals surface area contributed by atoms with Crippen LogP contribution in [0.3, 0.4) is 0 Å². The lowest BCUT2D eigenvalue weighted by Gasteiger charge is -2.03. The summed E-state index contributed by atoms with van der Waals surface area (Å²) in [7, 11) is -2.52. The molecule has 0 aliphatic rings. The van der Waals surface area contributed by atoms with Crippen molar-refractivity contribution in [3.05, 3.63) is 29.3 Å². The average Bonchev–Trinajstić information content (AvgIpc) is 2.03. The Morgan fingerprint density at radius 2 is 2.17 bits per heavy atom. The van der Waals surface area contributed by atoms with Gasteiger partial charge in [0.2, 0.25) is 8.03 Å². The Hall–Kier alpha value is -0.590. The van der Waals surface area contributed by atoms with Crippen LogP contribution in [0.1, 0.15) is 18.1 Å². The van der Waals surface area contributed by atoms with E-state index >= 15 is 0 Å². The van der Waals surface area contributed by atoms with Crippen LogP contribution < -0.4 is 5.30 Å². The molecule has 0 amide bonds. The van der Waals surface area contributed by atoms with Crippen molar-refractivity contribution in [2.24, 2.45) is 0 Å². The molecule has 1 aromatic rings. The third-order valence-corrected chi connectivity index (χ3v) is 2.95. The van der Waals surface area contributed by atoms with Gasteiger partial charge in [0.1, 0.15) is 0 Å². The minimum absolute atomic E-state index is 0.581. The van der Waals surface area contributed by atoms with Gasteiger partial charge in [0.25, 0.3) is 0 Å². The second kappa shape index (κ2) is 3.88. The second-order valence-electron chi connectivity index (χ2n) is 2.81. The molecule has 0 aliphatic carbocycles. The first kappa shape index (κ1) is 9.50. The lowest BCUT2D eigenvalue weighted by Crippen LogP contribution is -2.01. The SMILES string of the molecule is CCc1ccc([PH](=O)O)c(C)c1. The summed E-state index contributed by atoms with van der Waals surface area (Å²) in [6.07, 6.45) is 0.966. The van der Waals surface area contributed by atoms with Crippen LogP contribution in [0, 0.1) is 6.92 Å². The zero-order valence-electron chi connectivity index (χ0n) is 7.29. The van der Waals surface area contributed by atoms with Gasteiger partial charge in [-0.15, -0.1) is 0 Å². The molecule has 1 aromatic carbocycles. The Balaban J connectivity index is 3.12. The van der Waals surface area contributed by atoms with E-state index in [4.69, 9.17) is 4.89 Å². The minimum atomic E-state index is -2.52. The van der Waals surface area contributed by atoms with Gasteiger partial charge >= 0.3 is 0 Å². The maximum atomic E-state index is 10.8. The van der Waals surface area contributed by atoms with Crippen LogP contribution >= 0.6 is 8.03 Å². The fraction of sp³-hybridized carbons (Fsp3) is 0.333. The third kappa shape index (κ3) is 1.96. The van der Waals surface area contributed by atoms with Crippen LogP contribution in [0.5, 0.6) is 0 Å². The van der Waals surface area contributed by atoms with Gasteiger partial charge in [0.15, 0.2) is 0 Å². The summed E-state index contributed by atoms with van der Waals surface area (Å²) in [4.78, 5) is 8.91. The predicted octanol–water partition coefficient (Wildman–Crippen LogP) is 1.65. The first-order valence-electron chi connectivity index (χ1n) is 3.98. The molecule has 0 spiro atoms. The highest BCUT2D eigenvalue weighted by Crippen LogP contribution is 2.16. The fourth-order valence-electron chi connectivity index (χ4n) is 1.19. The van der Waals surface area contributed by atoms with Crippen LogP contribution in [-0.4, -0.2) is 4.89 Å². The van der Waals surface area contributed by atoms with E-state index in [9.17, 15) is 4.57 Å². The summed E-state index contributed by atoms with van der Waals surface area (Å²) in [5.41, 5.74) is 2.13. The lowest BCUT2D eigenvalue weighted by atomic mass is 10.1. The van der Waals surface area contributed by atoms with Gasteiger partial charge < -0.3 is 4.89 Å². The molecule has 1 atom stereocenters. The highest BCUT2D eigenvalue weighted by molar-refractivity contribution is 7.47. The molecule has 12 heavy (non-hydrogen) atoms. The lowest BCUT2D eigenvalue weighted by molar-refractivity contribution is 0.513. The molecule has 1 N–H and O–H groups in total. The Kier molecular flexibility index (Phi) is 3.07. The van der Waals surface area contributed by atoms with E-state index in [2.05, 4.69) is 6.92 Å². The van der Waals surface area contributed by atoms with Gasteiger partial charge in [-0.05, 0) is 30.5 Å². The van der Waals surface area contributed by atoms with Gasteiger partial charge in [0, 0.05) is 5.30 Å². The maximum Gasteiger partial charge on any atom is 0.218 e. The molecule has 0 aromatic heterocycles. The monoisotopic (exact) mass is 184 g/mol. The molecule has 2 nitrogen and oxygen atoms in total. The topological polar surface area (TPSA) is 37.3 Å². The van der Waals surface area contributed by atoms with Crippen molar-refractivity contribution >= 4 is 13.3 Å². The number of hydrogen-bond acceptors (Lipinski definition) is 1. The Morgan fingerprint density at radius 3 is 2.58 bits per heavy atom. The molecule has 1 rings (SSSR count).